The van der Waals surface area contributed by atoms with Crippen molar-refractivity contribution >= 4 is 11.4 Å². The third-order valence-electron chi connectivity index (χ3n) is 2.92. The van der Waals surface area contributed by atoms with E-state index in [-0.39, 0.29) is 5.82 Å². The zero-order chi connectivity index (χ0) is 13.0. The van der Waals surface area contributed by atoms with Gasteiger partial charge in [0.05, 0.1) is 0 Å². The lowest BCUT2D eigenvalue weighted by Gasteiger charge is -2.19. The second kappa shape index (κ2) is 5.65. The minimum absolute atomic E-state index is 0.212. The van der Waals surface area contributed by atoms with Crippen molar-refractivity contribution in [3.63, 3.8) is 0 Å². The van der Waals surface area contributed by atoms with E-state index in [0.717, 1.165) is 17.9 Å². The normalized spacial score (nSPS) is 10.4. The Kier molecular flexibility index (Phi) is 3.95. The van der Waals surface area contributed by atoms with Crippen LogP contribution in [0.25, 0.3) is 0 Å². The second-order valence-electron chi connectivity index (χ2n) is 4.23. The molecule has 1 N–H and O–H groups in total. The van der Waals surface area contributed by atoms with Crippen LogP contribution in [-0.2, 0) is 6.54 Å². The van der Waals surface area contributed by atoms with E-state index in [2.05, 4.69) is 29.6 Å². The van der Waals surface area contributed by atoms with Crippen molar-refractivity contribution in [2.75, 3.05) is 19.0 Å². The Morgan fingerprint density at radius 1 is 0.944 bits per heavy atom. The molecule has 0 amide bonds. The molecule has 3 heteroatoms. The third kappa shape index (κ3) is 2.87. The van der Waals surface area contributed by atoms with Gasteiger partial charge in [-0.05, 0) is 49.0 Å². The molecule has 0 atom stereocenters. The number of benzene rings is 2. The van der Waals surface area contributed by atoms with Gasteiger partial charge in [-0.2, -0.15) is 0 Å². The van der Waals surface area contributed by atoms with Crippen LogP contribution in [0.5, 0.6) is 0 Å². The Hall–Kier alpha value is -1.87. The maximum Gasteiger partial charge on any atom is 0.123 e. The van der Waals surface area contributed by atoms with E-state index in [0.29, 0.717) is 0 Å². The molecule has 0 fully saturated rings. The summed E-state index contributed by atoms with van der Waals surface area (Å²) in [6.07, 6.45) is 0. The van der Waals surface area contributed by atoms with Crippen molar-refractivity contribution in [1.29, 1.82) is 0 Å². The molecule has 94 valence electrons. The smallest absolute Gasteiger partial charge is 0.123 e. The summed E-state index contributed by atoms with van der Waals surface area (Å²) in [6, 6.07) is 14.8. The van der Waals surface area contributed by atoms with E-state index in [1.165, 1.54) is 17.7 Å². The summed E-state index contributed by atoms with van der Waals surface area (Å²) in [4.78, 5) is 2.03. The van der Waals surface area contributed by atoms with Crippen molar-refractivity contribution < 1.29 is 4.39 Å². The highest BCUT2D eigenvalue weighted by atomic mass is 19.1. The molecular weight excluding hydrogens is 227 g/mol. The van der Waals surface area contributed by atoms with Gasteiger partial charge in [0.15, 0.2) is 0 Å². The summed E-state index contributed by atoms with van der Waals surface area (Å²) in [5.74, 6) is -0.212. The minimum Gasteiger partial charge on any atom is -0.345 e. The van der Waals surface area contributed by atoms with Crippen molar-refractivity contribution in [2.24, 2.45) is 0 Å². The van der Waals surface area contributed by atoms with Gasteiger partial charge in [0.2, 0.25) is 0 Å². The van der Waals surface area contributed by atoms with Crippen molar-refractivity contribution in [2.45, 2.75) is 6.54 Å². The first kappa shape index (κ1) is 12.6. The van der Waals surface area contributed by atoms with Crippen LogP contribution < -0.4 is 10.2 Å². The summed E-state index contributed by atoms with van der Waals surface area (Å²) in [5, 5.41) is 3.12. The molecule has 0 spiro atoms. The highest BCUT2D eigenvalue weighted by Gasteiger charge is 2.03. The number of nitrogens with zero attached hydrogens (tertiary/aromatic N) is 1. The zero-order valence-electron chi connectivity index (χ0n) is 10.7. The Labute approximate surface area is 107 Å². The van der Waals surface area contributed by atoms with Crippen molar-refractivity contribution in [1.82, 2.24) is 5.32 Å². The molecule has 0 aliphatic carbocycles. The molecule has 2 aromatic carbocycles. The van der Waals surface area contributed by atoms with Crippen molar-refractivity contribution in [3.05, 3.63) is 59.9 Å². The van der Waals surface area contributed by atoms with Crippen LogP contribution in [0.4, 0.5) is 15.8 Å². The van der Waals surface area contributed by atoms with Crippen LogP contribution in [0, 0.1) is 5.82 Å². The molecule has 0 aliphatic heterocycles. The molecule has 0 aromatic heterocycles. The van der Waals surface area contributed by atoms with Gasteiger partial charge in [-0.25, -0.2) is 4.39 Å². The molecule has 2 aromatic rings. The Morgan fingerprint density at radius 2 is 1.44 bits per heavy atom. The fourth-order valence-electron chi connectivity index (χ4n) is 1.86. The maximum atomic E-state index is 12.9. The molecule has 0 heterocycles. The van der Waals surface area contributed by atoms with Crippen LogP contribution >= 0.6 is 0 Å². The van der Waals surface area contributed by atoms with Crippen molar-refractivity contribution in [3.8, 4) is 0 Å². The summed E-state index contributed by atoms with van der Waals surface area (Å²) >= 11 is 0. The van der Waals surface area contributed by atoms with Gasteiger partial charge in [0.25, 0.3) is 0 Å². The molecule has 0 aliphatic rings. The largest absolute Gasteiger partial charge is 0.345 e. The topological polar surface area (TPSA) is 15.3 Å². The van der Waals surface area contributed by atoms with Gasteiger partial charge < -0.3 is 10.2 Å². The zero-order valence-corrected chi connectivity index (χ0v) is 10.7. The van der Waals surface area contributed by atoms with Gasteiger partial charge in [-0.3, -0.25) is 0 Å². The first-order valence-corrected chi connectivity index (χ1v) is 5.93. The molecule has 0 bridgehead atoms. The highest BCUT2D eigenvalue weighted by Crippen LogP contribution is 2.23. The lowest BCUT2D eigenvalue weighted by Crippen LogP contribution is -2.10. The standard InChI is InChI=1S/C15H17FN2/c1-17-11-12-3-7-14(8-4-12)18(2)15-9-5-13(16)6-10-15/h3-10,17H,11H2,1-2H3. The maximum absolute atomic E-state index is 12.9. The molecule has 0 unspecified atom stereocenters. The number of hydrogen-bond acceptors (Lipinski definition) is 2. The molecule has 0 saturated heterocycles. The van der Waals surface area contributed by atoms with Crippen LogP contribution in [-0.4, -0.2) is 14.1 Å². The first-order chi connectivity index (χ1) is 8.70. The van der Waals surface area contributed by atoms with E-state index < -0.39 is 0 Å². The Balaban J connectivity index is 2.17. The third-order valence-corrected chi connectivity index (χ3v) is 2.92. The predicted molar refractivity (Wildman–Crippen MR) is 73.7 cm³/mol. The van der Waals surface area contributed by atoms with Crippen LogP contribution in [0.1, 0.15) is 5.56 Å². The van der Waals surface area contributed by atoms with E-state index in [1.807, 2.05) is 19.0 Å². The fourth-order valence-corrected chi connectivity index (χ4v) is 1.86. The molecule has 18 heavy (non-hydrogen) atoms. The quantitative estimate of drug-likeness (QED) is 0.887. The second-order valence-corrected chi connectivity index (χ2v) is 4.23. The van der Waals surface area contributed by atoms with Gasteiger partial charge in [-0.15, -0.1) is 0 Å². The number of hydrogen-bond donors (Lipinski definition) is 1. The van der Waals surface area contributed by atoms with Crippen LogP contribution in [0.3, 0.4) is 0 Å². The van der Waals surface area contributed by atoms with E-state index >= 15 is 0 Å². The Bertz CT molecular complexity index is 491. The average Bonchev–Trinajstić information content (AvgIpc) is 2.40. The average molecular weight is 244 g/mol. The van der Waals surface area contributed by atoms with Crippen LogP contribution in [0.15, 0.2) is 48.5 Å². The van der Waals surface area contributed by atoms with Gasteiger partial charge in [0, 0.05) is 25.0 Å². The summed E-state index contributed by atoms with van der Waals surface area (Å²) in [6.45, 7) is 0.862. The summed E-state index contributed by atoms with van der Waals surface area (Å²) in [5.41, 5.74) is 3.30. The van der Waals surface area contributed by atoms with E-state index in [1.54, 1.807) is 12.1 Å². The van der Waals surface area contributed by atoms with E-state index in [9.17, 15) is 4.39 Å². The fraction of sp³-hybridized carbons (Fsp3) is 0.200. The summed E-state index contributed by atoms with van der Waals surface area (Å²) < 4.78 is 12.9. The molecule has 2 rings (SSSR count). The number of anilines is 2. The van der Waals surface area contributed by atoms with Gasteiger partial charge in [-0.1, -0.05) is 12.1 Å². The molecule has 2 nitrogen and oxygen atoms in total. The lowest BCUT2D eigenvalue weighted by molar-refractivity contribution is 0.628. The lowest BCUT2D eigenvalue weighted by atomic mass is 10.2. The number of nitrogens with one attached hydrogen (secondary N) is 1. The summed E-state index contributed by atoms with van der Waals surface area (Å²) in [7, 11) is 3.90. The number of halogens is 1. The molecular formula is C15H17FN2. The molecule has 0 radical (unpaired) electrons. The predicted octanol–water partition coefficient (Wildman–Crippen LogP) is 3.31. The monoisotopic (exact) mass is 244 g/mol. The van der Waals surface area contributed by atoms with Gasteiger partial charge in [0.1, 0.15) is 5.82 Å². The molecule has 0 saturated carbocycles. The first-order valence-electron chi connectivity index (χ1n) is 5.93. The number of rotatable bonds is 4. The van der Waals surface area contributed by atoms with E-state index in [4.69, 9.17) is 0 Å². The highest BCUT2D eigenvalue weighted by molar-refractivity contribution is 5.62. The minimum atomic E-state index is -0.212. The SMILES string of the molecule is CNCc1ccc(N(C)c2ccc(F)cc2)cc1. The van der Waals surface area contributed by atoms with Crippen LogP contribution in [0.2, 0.25) is 0 Å². The van der Waals surface area contributed by atoms with Gasteiger partial charge >= 0.3 is 0 Å². The Morgan fingerprint density at radius 3 is 1.94 bits per heavy atom.